The molecule has 0 aliphatic rings. The molecule has 0 aromatic heterocycles. The van der Waals surface area contributed by atoms with Crippen LogP contribution in [0, 0.1) is 0 Å². The number of amides is 2. The highest BCUT2D eigenvalue weighted by atomic mass is 32.1. The van der Waals surface area contributed by atoms with Crippen LogP contribution in [-0.4, -0.2) is 48.5 Å². The van der Waals surface area contributed by atoms with E-state index in [1.165, 1.54) is 0 Å². The second-order valence-corrected chi connectivity index (χ2v) is 6.89. The highest BCUT2D eigenvalue weighted by molar-refractivity contribution is 7.80. The normalized spacial score (nSPS) is 11.4. The molecule has 148 valence electrons. The summed E-state index contributed by atoms with van der Waals surface area (Å²) in [6.07, 6.45) is 0.367. The lowest BCUT2D eigenvalue weighted by molar-refractivity contribution is -0.129. The topological polar surface area (TPSA) is 85.5 Å². The van der Waals surface area contributed by atoms with Crippen LogP contribution < -0.4 is 21.5 Å². The molecule has 2 amide bonds. The molecule has 0 heterocycles. The molecular weight excluding hydrogens is 374 g/mol. The van der Waals surface area contributed by atoms with E-state index in [2.05, 4.69) is 21.5 Å². The molecule has 0 aliphatic heterocycles. The summed E-state index contributed by atoms with van der Waals surface area (Å²) < 4.78 is 0. The van der Waals surface area contributed by atoms with Gasteiger partial charge >= 0.3 is 0 Å². The number of carbonyl (C=O) groups excluding carboxylic acids is 2. The van der Waals surface area contributed by atoms with Crippen molar-refractivity contribution in [3.05, 3.63) is 66.2 Å². The van der Waals surface area contributed by atoms with Gasteiger partial charge in [0, 0.05) is 12.1 Å². The van der Waals surface area contributed by atoms with E-state index in [-0.39, 0.29) is 23.5 Å². The zero-order valence-electron chi connectivity index (χ0n) is 15.9. The minimum Gasteiger partial charge on any atom is -0.343 e. The molecule has 8 heteroatoms. The first-order valence-electron chi connectivity index (χ1n) is 8.84. The zero-order chi connectivity index (χ0) is 20.4. The van der Waals surface area contributed by atoms with Crippen LogP contribution in [0.2, 0.25) is 0 Å². The molecule has 0 aliphatic carbocycles. The molecule has 0 saturated carbocycles. The van der Waals surface area contributed by atoms with Crippen LogP contribution in [0.15, 0.2) is 60.7 Å². The van der Waals surface area contributed by atoms with Crippen molar-refractivity contribution in [2.45, 2.75) is 12.5 Å². The summed E-state index contributed by atoms with van der Waals surface area (Å²) in [6.45, 7) is 0.194. The van der Waals surface area contributed by atoms with Crippen molar-refractivity contribution in [1.29, 1.82) is 0 Å². The summed E-state index contributed by atoms with van der Waals surface area (Å²) in [7, 11) is 3.59. The van der Waals surface area contributed by atoms with E-state index in [1.807, 2.05) is 60.7 Å². The smallest absolute Gasteiger partial charge is 0.261 e. The highest BCUT2D eigenvalue weighted by Crippen LogP contribution is 2.05. The predicted molar refractivity (Wildman–Crippen MR) is 115 cm³/mol. The first-order valence-corrected chi connectivity index (χ1v) is 9.25. The van der Waals surface area contributed by atoms with Gasteiger partial charge in [-0.05, 0) is 44.0 Å². The van der Waals surface area contributed by atoms with E-state index in [4.69, 9.17) is 12.2 Å². The van der Waals surface area contributed by atoms with Gasteiger partial charge in [0.2, 0.25) is 5.91 Å². The number of anilines is 1. The van der Waals surface area contributed by atoms with E-state index >= 15 is 0 Å². The molecule has 0 radical (unpaired) electrons. The highest BCUT2D eigenvalue weighted by Gasteiger charge is 2.21. The van der Waals surface area contributed by atoms with E-state index in [9.17, 15) is 9.59 Å². The molecule has 1 unspecified atom stereocenters. The number of hydrogen-bond donors (Lipinski definition) is 4. The van der Waals surface area contributed by atoms with E-state index < -0.39 is 6.04 Å². The van der Waals surface area contributed by atoms with Crippen molar-refractivity contribution in [2.75, 3.05) is 26.0 Å². The predicted octanol–water partition coefficient (Wildman–Crippen LogP) is 1.29. The van der Waals surface area contributed by atoms with Gasteiger partial charge in [-0.1, -0.05) is 48.5 Å². The lowest BCUT2D eigenvalue weighted by Gasteiger charge is -2.20. The molecule has 0 spiro atoms. The van der Waals surface area contributed by atoms with E-state index in [0.717, 1.165) is 11.3 Å². The molecule has 4 N–H and O–H groups in total. The lowest BCUT2D eigenvalue weighted by Crippen LogP contribution is -2.54. The Bertz CT molecular complexity index is 784. The Morgan fingerprint density at radius 2 is 1.57 bits per heavy atom. The van der Waals surface area contributed by atoms with Gasteiger partial charge in [-0.15, -0.1) is 0 Å². The summed E-state index contributed by atoms with van der Waals surface area (Å²) in [6, 6.07) is 18.1. The van der Waals surface area contributed by atoms with Gasteiger partial charge in [0.25, 0.3) is 5.91 Å². The molecule has 0 fully saturated rings. The number of rotatable bonds is 7. The number of thiocarbonyl (C=S) groups is 1. The van der Waals surface area contributed by atoms with Gasteiger partial charge in [-0.2, -0.15) is 0 Å². The summed E-state index contributed by atoms with van der Waals surface area (Å²) in [5, 5.41) is 5.99. The third-order valence-electron chi connectivity index (χ3n) is 3.73. The van der Waals surface area contributed by atoms with Crippen LogP contribution in [-0.2, 0) is 16.0 Å². The van der Waals surface area contributed by atoms with Crippen molar-refractivity contribution < 1.29 is 9.59 Å². The zero-order valence-corrected chi connectivity index (χ0v) is 16.8. The molecular formula is C20H25N5O2S. The van der Waals surface area contributed by atoms with Crippen molar-refractivity contribution in [3.63, 3.8) is 0 Å². The number of carbonyl (C=O) groups is 2. The Kier molecular flexibility index (Phi) is 8.38. The average molecular weight is 400 g/mol. The van der Waals surface area contributed by atoms with Crippen molar-refractivity contribution in [3.8, 4) is 0 Å². The Balaban J connectivity index is 1.95. The number of nitrogens with zero attached hydrogens (tertiary/aromatic N) is 1. The van der Waals surface area contributed by atoms with Gasteiger partial charge in [0.05, 0.1) is 6.54 Å². The second kappa shape index (κ2) is 11.0. The molecule has 0 saturated heterocycles. The maximum Gasteiger partial charge on any atom is 0.261 e. The number of likely N-dealkylation sites (N-methyl/N-ethyl adjacent to an activating group) is 1. The molecule has 2 rings (SSSR count). The van der Waals surface area contributed by atoms with Crippen LogP contribution >= 0.6 is 12.2 Å². The maximum absolute atomic E-state index is 12.6. The van der Waals surface area contributed by atoms with Crippen molar-refractivity contribution in [1.82, 2.24) is 21.1 Å². The summed E-state index contributed by atoms with van der Waals surface area (Å²) in [4.78, 5) is 26.5. The number of hydrogen-bond acceptors (Lipinski definition) is 4. The van der Waals surface area contributed by atoms with Crippen molar-refractivity contribution >= 4 is 34.8 Å². The maximum atomic E-state index is 12.6. The first kappa shape index (κ1) is 21.3. The fourth-order valence-corrected chi connectivity index (χ4v) is 2.64. The number of nitrogens with one attached hydrogen (secondary N) is 4. The molecule has 2 aromatic carbocycles. The summed E-state index contributed by atoms with van der Waals surface area (Å²) >= 11 is 5.18. The number of para-hydroxylation sites is 1. The van der Waals surface area contributed by atoms with Gasteiger partial charge in [-0.3, -0.25) is 20.4 Å². The Morgan fingerprint density at radius 1 is 0.964 bits per heavy atom. The van der Waals surface area contributed by atoms with Gasteiger partial charge < -0.3 is 15.5 Å². The van der Waals surface area contributed by atoms with Gasteiger partial charge in [0.1, 0.15) is 6.04 Å². The van der Waals surface area contributed by atoms with Crippen LogP contribution in [0.3, 0.4) is 0 Å². The van der Waals surface area contributed by atoms with Gasteiger partial charge in [0.15, 0.2) is 5.11 Å². The third-order valence-corrected chi connectivity index (χ3v) is 3.93. The molecule has 1 atom stereocenters. The molecule has 7 nitrogen and oxygen atoms in total. The largest absolute Gasteiger partial charge is 0.343 e. The number of hydrazine groups is 1. The minimum atomic E-state index is -0.734. The van der Waals surface area contributed by atoms with Gasteiger partial charge in [-0.25, -0.2) is 0 Å². The first-order chi connectivity index (χ1) is 13.4. The minimum absolute atomic E-state index is 0.194. The fourth-order valence-electron chi connectivity index (χ4n) is 2.48. The quantitative estimate of drug-likeness (QED) is 0.415. The Hall–Kier alpha value is -2.97. The third kappa shape index (κ3) is 7.73. The molecule has 0 bridgehead atoms. The standard InChI is InChI=1S/C20H25N5O2S/c1-25(2)14-18(26)22-17(13-15-9-5-3-6-10-15)19(27)23-24-20(28)21-16-11-7-4-8-12-16/h3-12,17H,13-14H2,1-2H3,(H,22,26)(H,23,27)(H2,21,24,28). The van der Waals surface area contributed by atoms with E-state index in [1.54, 1.807) is 19.0 Å². The fraction of sp³-hybridized carbons (Fsp3) is 0.250. The van der Waals surface area contributed by atoms with Crippen molar-refractivity contribution in [2.24, 2.45) is 0 Å². The molecule has 28 heavy (non-hydrogen) atoms. The van der Waals surface area contributed by atoms with Crippen LogP contribution in [0.25, 0.3) is 0 Å². The SMILES string of the molecule is CN(C)CC(=O)NC(Cc1ccccc1)C(=O)NNC(=S)Nc1ccccc1. The lowest BCUT2D eigenvalue weighted by atomic mass is 10.1. The summed E-state index contributed by atoms with van der Waals surface area (Å²) in [5.41, 5.74) is 6.97. The van der Waals surface area contributed by atoms with Crippen LogP contribution in [0.1, 0.15) is 5.56 Å². The van der Waals surface area contributed by atoms with E-state index in [0.29, 0.717) is 6.42 Å². The van der Waals surface area contributed by atoms with Crippen LogP contribution in [0.5, 0.6) is 0 Å². The molecule has 2 aromatic rings. The summed E-state index contributed by atoms with van der Waals surface area (Å²) in [5.74, 6) is -0.612. The Labute approximate surface area is 170 Å². The Morgan fingerprint density at radius 3 is 2.18 bits per heavy atom. The second-order valence-electron chi connectivity index (χ2n) is 6.48. The van der Waals surface area contributed by atoms with Crippen LogP contribution in [0.4, 0.5) is 5.69 Å². The monoisotopic (exact) mass is 399 g/mol. The average Bonchev–Trinajstić information content (AvgIpc) is 2.66. The number of benzene rings is 2.